The average Bonchev–Trinajstić information content (AvgIpc) is 2.92. The molecule has 1 aliphatic heterocycles. The largest absolute Gasteiger partial charge is 0.326 e. The van der Waals surface area contributed by atoms with E-state index in [0.717, 1.165) is 11.1 Å². The molecular formula is C19H20FN3O2. The molecule has 0 bridgehead atoms. The highest BCUT2D eigenvalue weighted by Gasteiger charge is 2.33. The van der Waals surface area contributed by atoms with E-state index in [1.807, 2.05) is 32.0 Å². The summed E-state index contributed by atoms with van der Waals surface area (Å²) < 4.78 is 13.0. The molecule has 3 rings (SSSR count). The third-order valence-electron chi connectivity index (χ3n) is 4.28. The van der Waals surface area contributed by atoms with Crippen LogP contribution in [0.25, 0.3) is 0 Å². The van der Waals surface area contributed by atoms with Gasteiger partial charge in [0.15, 0.2) is 0 Å². The summed E-state index contributed by atoms with van der Waals surface area (Å²) in [5.74, 6) is -0.541. The lowest BCUT2D eigenvalue weighted by atomic mass is 10.1. The van der Waals surface area contributed by atoms with Crippen LogP contribution in [0.4, 0.5) is 20.6 Å². The molecule has 0 aromatic heterocycles. The van der Waals surface area contributed by atoms with E-state index in [4.69, 9.17) is 0 Å². The fourth-order valence-corrected chi connectivity index (χ4v) is 2.96. The fourth-order valence-electron chi connectivity index (χ4n) is 2.96. The molecule has 0 unspecified atom stereocenters. The number of carbonyl (C=O) groups is 2. The first-order chi connectivity index (χ1) is 11.9. The van der Waals surface area contributed by atoms with Crippen molar-refractivity contribution < 1.29 is 14.0 Å². The SMILES string of the molecule is Cc1ccc(NC(=O)N[C@H]2CCN(c3ccc(F)cc3)C2=O)c(C)c1. The Balaban J connectivity index is 1.62. The molecule has 2 aromatic carbocycles. The molecule has 3 amide bonds. The Morgan fingerprint density at radius 3 is 2.56 bits per heavy atom. The molecule has 0 saturated carbocycles. The summed E-state index contributed by atoms with van der Waals surface area (Å²) in [4.78, 5) is 26.2. The van der Waals surface area contributed by atoms with E-state index in [9.17, 15) is 14.0 Å². The molecule has 1 heterocycles. The van der Waals surface area contributed by atoms with Crippen molar-refractivity contribution in [1.82, 2.24) is 5.32 Å². The summed E-state index contributed by atoms with van der Waals surface area (Å²) in [6, 6.07) is 10.5. The first-order valence-electron chi connectivity index (χ1n) is 8.16. The molecule has 1 fully saturated rings. The average molecular weight is 341 g/mol. The molecule has 0 radical (unpaired) electrons. The quantitative estimate of drug-likeness (QED) is 0.899. The molecule has 1 saturated heterocycles. The van der Waals surface area contributed by atoms with Gasteiger partial charge in [0.05, 0.1) is 0 Å². The number of amides is 3. The lowest BCUT2D eigenvalue weighted by Gasteiger charge is -2.17. The van der Waals surface area contributed by atoms with Crippen LogP contribution in [-0.4, -0.2) is 24.5 Å². The first-order valence-corrected chi connectivity index (χ1v) is 8.16. The first kappa shape index (κ1) is 17.0. The van der Waals surface area contributed by atoms with Crippen LogP contribution in [0.3, 0.4) is 0 Å². The van der Waals surface area contributed by atoms with E-state index in [1.54, 1.807) is 17.0 Å². The number of hydrogen-bond donors (Lipinski definition) is 2. The van der Waals surface area contributed by atoms with Crippen molar-refractivity contribution in [2.75, 3.05) is 16.8 Å². The van der Waals surface area contributed by atoms with Crippen molar-refractivity contribution in [2.45, 2.75) is 26.3 Å². The maximum atomic E-state index is 13.0. The number of aryl methyl sites for hydroxylation is 2. The van der Waals surface area contributed by atoms with E-state index >= 15 is 0 Å². The molecule has 0 spiro atoms. The Kier molecular flexibility index (Phi) is 4.70. The lowest BCUT2D eigenvalue weighted by molar-refractivity contribution is -0.118. The minimum absolute atomic E-state index is 0.192. The highest BCUT2D eigenvalue weighted by Crippen LogP contribution is 2.22. The van der Waals surface area contributed by atoms with Crippen molar-refractivity contribution >= 4 is 23.3 Å². The zero-order valence-electron chi connectivity index (χ0n) is 14.2. The van der Waals surface area contributed by atoms with Crippen LogP contribution in [0.2, 0.25) is 0 Å². The molecule has 5 nitrogen and oxygen atoms in total. The van der Waals surface area contributed by atoms with Crippen LogP contribution in [0, 0.1) is 19.7 Å². The number of nitrogens with one attached hydrogen (secondary N) is 2. The molecule has 6 heteroatoms. The number of urea groups is 1. The predicted molar refractivity (Wildman–Crippen MR) is 95.2 cm³/mol. The topological polar surface area (TPSA) is 61.4 Å². The number of carbonyl (C=O) groups excluding carboxylic acids is 2. The number of halogens is 1. The predicted octanol–water partition coefficient (Wildman–Crippen LogP) is 3.37. The van der Waals surface area contributed by atoms with Gasteiger partial charge in [0.1, 0.15) is 11.9 Å². The molecule has 130 valence electrons. The molecule has 1 atom stereocenters. The van der Waals surface area contributed by atoms with Gasteiger partial charge in [0, 0.05) is 17.9 Å². The Bertz CT molecular complexity index is 805. The molecule has 25 heavy (non-hydrogen) atoms. The van der Waals surface area contributed by atoms with Crippen molar-refractivity contribution in [2.24, 2.45) is 0 Å². The number of anilines is 2. The van der Waals surface area contributed by atoms with Gasteiger partial charge in [-0.3, -0.25) is 4.79 Å². The van der Waals surface area contributed by atoms with Crippen molar-refractivity contribution in [3.63, 3.8) is 0 Å². The Labute approximate surface area is 145 Å². The van der Waals surface area contributed by atoms with Crippen molar-refractivity contribution in [1.29, 1.82) is 0 Å². The van der Waals surface area contributed by atoms with Crippen LogP contribution >= 0.6 is 0 Å². The van der Waals surface area contributed by atoms with Gasteiger partial charge in [-0.1, -0.05) is 17.7 Å². The monoisotopic (exact) mass is 341 g/mol. The van der Waals surface area contributed by atoms with Gasteiger partial charge in [-0.05, 0) is 56.2 Å². The normalized spacial score (nSPS) is 16.8. The van der Waals surface area contributed by atoms with Crippen molar-refractivity contribution in [3.05, 3.63) is 59.4 Å². The lowest BCUT2D eigenvalue weighted by Crippen LogP contribution is -2.43. The molecule has 0 aliphatic carbocycles. The van der Waals surface area contributed by atoms with E-state index < -0.39 is 12.1 Å². The molecule has 1 aliphatic rings. The van der Waals surface area contributed by atoms with Gasteiger partial charge in [0.25, 0.3) is 0 Å². The maximum Gasteiger partial charge on any atom is 0.319 e. The number of hydrogen-bond acceptors (Lipinski definition) is 2. The smallest absolute Gasteiger partial charge is 0.319 e. The summed E-state index contributed by atoms with van der Waals surface area (Å²) in [5, 5.41) is 5.49. The van der Waals surface area contributed by atoms with Gasteiger partial charge in [-0.25, -0.2) is 9.18 Å². The second-order valence-corrected chi connectivity index (χ2v) is 6.22. The molecule has 2 aromatic rings. The van der Waals surface area contributed by atoms with Gasteiger partial charge in [-0.15, -0.1) is 0 Å². The van der Waals surface area contributed by atoms with E-state index in [0.29, 0.717) is 24.3 Å². The molecule has 2 N–H and O–H groups in total. The Morgan fingerprint density at radius 2 is 1.88 bits per heavy atom. The second-order valence-electron chi connectivity index (χ2n) is 6.22. The summed E-state index contributed by atoms with van der Waals surface area (Å²) in [6.45, 7) is 4.39. The summed E-state index contributed by atoms with van der Waals surface area (Å²) >= 11 is 0. The summed E-state index contributed by atoms with van der Waals surface area (Å²) in [5.41, 5.74) is 3.42. The van der Waals surface area contributed by atoms with Gasteiger partial charge in [0.2, 0.25) is 5.91 Å². The standard InChI is InChI=1S/C19H20FN3O2/c1-12-3-8-16(13(2)11-12)21-19(25)22-17-9-10-23(18(17)24)15-6-4-14(20)5-7-15/h3-8,11,17H,9-10H2,1-2H3,(H2,21,22,25)/t17-/m0/s1. The van der Waals surface area contributed by atoms with Crippen molar-refractivity contribution in [3.8, 4) is 0 Å². The minimum atomic E-state index is -0.587. The van der Waals surface area contributed by atoms with Crippen LogP contribution in [0.15, 0.2) is 42.5 Å². The van der Waals surface area contributed by atoms with E-state index in [1.165, 1.54) is 12.1 Å². The Hall–Kier alpha value is -2.89. The summed E-state index contributed by atoms with van der Waals surface area (Å²) in [7, 11) is 0. The highest BCUT2D eigenvalue weighted by atomic mass is 19.1. The van der Waals surface area contributed by atoms with Crippen LogP contribution in [0.5, 0.6) is 0 Å². The van der Waals surface area contributed by atoms with E-state index in [2.05, 4.69) is 10.6 Å². The fraction of sp³-hybridized carbons (Fsp3) is 0.263. The van der Waals surface area contributed by atoms with Gasteiger partial charge < -0.3 is 15.5 Å². The van der Waals surface area contributed by atoms with Crippen LogP contribution in [0.1, 0.15) is 17.5 Å². The molecular weight excluding hydrogens is 321 g/mol. The third-order valence-corrected chi connectivity index (χ3v) is 4.28. The maximum absolute atomic E-state index is 13.0. The third kappa shape index (κ3) is 3.79. The number of benzene rings is 2. The zero-order chi connectivity index (χ0) is 18.0. The van der Waals surface area contributed by atoms with Crippen LogP contribution < -0.4 is 15.5 Å². The van der Waals surface area contributed by atoms with Gasteiger partial charge in [-0.2, -0.15) is 0 Å². The second kappa shape index (κ2) is 6.93. The number of rotatable bonds is 3. The summed E-state index contributed by atoms with van der Waals surface area (Å²) in [6.07, 6.45) is 0.510. The van der Waals surface area contributed by atoms with Gasteiger partial charge >= 0.3 is 6.03 Å². The highest BCUT2D eigenvalue weighted by molar-refractivity contribution is 6.02. The Morgan fingerprint density at radius 1 is 1.16 bits per heavy atom. The zero-order valence-corrected chi connectivity index (χ0v) is 14.2. The van der Waals surface area contributed by atoms with Crippen LogP contribution in [-0.2, 0) is 4.79 Å². The van der Waals surface area contributed by atoms with E-state index in [-0.39, 0.29) is 11.7 Å². The minimum Gasteiger partial charge on any atom is -0.326 e. The number of nitrogens with zero attached hydrogens (tertiary/aromatic N) is 1.